The van der Waals surface area contributed by atoms with Gasteiger partial charge in [-0.25, -0.2) is 0 Å². The molecule has 5 nitrogen and oxygen atoms in total. The molecule has 1 atom stereocenters. The predicted octanol–water partition coefficient (Wildman–Crippen LogP) is -1.55. The van der Waals surface area contributed by atoms with E-state index in [9.17, 15) is 4.79 Å². The molecule has 0 saturated heterocycles. The quantitative estimate of drug-likeness (QED) is 0.374. The number of rotatable bonds is 2. The van der Waals surface area contributed by atoms with Gasteiger partial charge >= 0.3 is 5.97 Å². The van der Waals surface area contributed by atoms with E-state index < -0.39 is 17.7 Å². The molecule has 0 amide bonds. The molecule has 0 radical (unpaired) electrons. The third kappa shape index (κ3) is 3.62. The van der Waals surface area contributed by atoms with Crippen molar-refractivity contribution in [1.82, 2.24) is 0 Å². The second-order valence-corrected chi connectivity index (χ2v) is 2.18. The minimum atomic E-state index is -1.34. The minimum absolute atomic E-state index is 0. The largest absolute Gasteiger partial charge is 0.480 e. The second-order valence-electron chi connectivity index (χ2n) is 2.18. The summed E-state index contributed by atoms with van der Waals surface area (Å²) in [5.74, 6) is -1.19. The van der Waals surface area contributed by atoms with Crippen molar-refractivity contribution in [1.29, 1.82) is 0 Å². The number of carboxylic acids is 1. The van der Waals surface area contributed by atoms with E-state index in [0.717, 1.165) is 0 Å². The summed E-state index contributed by atoms with van der Waals surface area (Å²) in [7, 11) is 0. The van der Waals surface area contributed by atoms with Crippen molar-refractivity contribution in [3.8, 4) is 0 Å². The third-order valence-electron chi connectivity index (χ3n) is 0.936. The van der Waals surface area contributed by atoms with Crippen LogP contribution in [0.2, 0.25) is 0 Å². The monoisotopic (exact) mass is 169 g/mol. The summed E-state index contributed by atoms with van der Waals surface area (Å²) in [6, 6.07) is -1.21. The fourth-order valence-corrected chi connectivity index (χ4v) is 0.266. The van der Waals surface area contributed by atoms with Crippen molar-refractivity contribution in [3.63, 3.8) is 0 Å². The fourth-order valence-electron chi connectivity index (χ4n) is 0.266. The van der Waals surface area contributed by atoms with Crippen LogP contribution in [0.1, 0.15) is 6.92 Å². The fraction of sp³-hybridized carbons (Fsp3) is 0.750. The summed E-state index contributed by atoms with van der Waals surface area (Å²) in [4.78, 5) is 10.1. The van der Waals surface area contributed by atoms with Gasteiger partial charge in [-0.2, -0.15) is 0 Å². The maximum Gasteiger partial charge on any atom is 0.323 e. The summed E-state index contributed by atoms with van der Waals surface area (Å²) >= 11 is 0. The molecule has 0 aliphatic rings. The molecule has 0 aromatic heterocycles. The molecule has 62 valence electrons. The molecule has 0 aromatic carbocycles. The number of halogens is 1. The molecule has 1 unspecified atom stereocenters. The van der Waals surface area contributed by atoms with Crippen LogP contribution in [0.25, 0.3) is 0 Å². The molecule has 6 heteroatoms. The molecule has 0 bridgehead atoms. The van der Waals surface area contributed by atoms with Gasteiger partial charge in [-0.3, -0.25) is 4.79 Å². The predicted molar refractivity (Wildman–Crippen MR) is 39.6 cm³/mol. The topological polar surface area (TPSA) is 115 Å². The normalized spacial score (nSPS) is 13.6. The van der Waals surface area contributed by atoms with E-state index in [2.05, 4.69) is 0 Å². The van der Waals surface area contributed by atoms with Gasteiger partial charge in [-0.1, -0.05) is 0 Å². The Morgan fingerprint density at radius 2 is 1.90 bits per heavy atom. The Morgan fingerprint density at radius 1 is 1.60 bits per heavy atom. The average Bonchev–Trinajstić information content (AvgIpc) is 1.62. The van der Waals surface area contributed by atoms with Gasteiger partial charge in [-0.15, -0.1) is 12.4 Å². The zero-order valence-corrected chi connectivity index (χ0v) is 6.39. The third-order valence-corrected chi connectivity index (χ3v) is 0.936. The SMILES string of the molecule is CC(N)(N)C(N)C(=O)O.Cl. The lowest BCUT2D eigenvalue weighted by Gasteiger charge is -2.22. The summed E-state index contributed by atoms with van der Waals surface area (Å²) in [5.41, 5.74) is 14.0. The number of hydrogen-bond acceptors (Lipinski definition) is 4. The molecule has 0 heterocycles. The molecular weight excluding hydrogens is 158 g/mol. The minimum Gasteiger partial charge on any atom is -0.480 e. The maximum atomic E-state index is 10.1. The molecule has 10 heavy (non-hydrogen) atoms. The lowest BCUT2D eigenvalue weighted by atomic mass is 10.1. The molecule has 0 spiro atoms. The van der Waals surface area contributed by atoms with E-state index in [0.29, 0.717) is 0 Å². The van der Waals surface area contributed by atoms with Gasteiger partial charge in [-0.05, 0) is 6.92 Å². The van der Waals surface area contributed by atoms with Gasteiger partial charge in [0.1, 0.15) is 6.04 Å². The van der Waals surface area contributed by atoms with Gasteiger partial charge in [0.25, 0.3) is 0 Å². The Hall–Kier alpha value is -0.360. The molecule has 0 fully saturated rings. The van der Waals surface area contributed by atoms with Gasteiger partial charge in [0.2, 0.25) is 0 Å². The highest BCUT2D eigenvalue weighted by atomic mass is 35.5. The van der Waals surface area contributed by atoms with Crippen LogP contribution in [-0.2, 0) is 4.79 Å². The number of hydrogen-bond donors (Lipinski definition) is 4. The number of nitrogens with two attached hydrogens (primary N) is 3. The molecule has 0 rings (SSSR count). The number of carboxylic acid groups (broad SMARTS) is 1. The lowest BCUT2D eigenvalue weighted by molar-refractivity contribution is -0.140. The van der Waals surface area contributed by atoms with Crippen molar-refractivity contribution in [2.24, 2.45) is 17.2 Å². The Balaban J connectivity index is 0. The highest BCUT2D eigenvalue weighted by Gasteiger charge is 2.27. The summed E-state index contributed by atoms with van der Waals surface area (Å²) in [6.45, 7) is 1.35. The maximum absolute atomic E-state index is 10.1. The zero-order chi connectivity index (χ0) is 7.65. The lowest BCUT2D eigenvalue weighted by Crippen LogP contribution is -2.63. The Bertz CT molecular complexity index is 122. The van der Waals surface area contributed by atoms with Gasteiger partial charge in [0, 0.05) is 0 Å². The van der Waals surface area contributed by atoms with Crippen LogP contribution >= 0.6 is 12.4 Å². The molecule has 0 aromatic rings. The van der Waals surface area contributed by atoms with Crippen molar-refractivity contribution >= 4 is 18.4 Å². The summed E-state index contributed by atoms with van der Waals surface area (Å²) in [5, 5.41) is 8.23. The first-order valence-corrected chi connectivity index (χ1v) is 2.42. The van der Waals surface area contributed by atoms with Crippen LogP contribution in [0, 0.1) is 0 Å². The standard InChI is InChI=1S/C4H11N3O2.ClH/c1-4(6,7)2(5)3(8)9;/h2H,5-7H2,1H3,(H,8,9);1H. The van der Waals surface area contributed by atoms with E-state index in [4.69, 9.17) is 22.3 Å². The van der Waals surface area contributed by atoms with E-state index >= 15 is 0 Å². The average molecular weight is 170 g/mol. The number of aliphatic carboxylic acids is 1. The molecular formula is C4H12ClN3O2. The van der Waals surface area contributed by atoms with Crippen LogP contribution in [-0.4, -0.2) is 22.8 Å². The highest BCUT2D eigenvalue weighted by molar-refractivity contribution is 5.85. The van der Waals surface area contributed by atoms with Gasteiger partial charge in [0.15, 0.2) is 0 Å². The van der Waals surface area contributed by atoms with Crippen LogP contribution in [0.4, 0.5) is 0 Å². The van der Waals surface area contributed by atoms with Gasteiger partial charge in [0.05, 0.1) is 5.66 Å². The molecule has 7 N–H and O–H groups in total. The molecule has 0 saturated carbocycles. The molecule has 0 aliphatic carbocycles. The van der Waals surface area contributed by atoms with Crippen LogP contribution in [0.5, 0.6) is 0 Å². The second kappa shape index (κ2) is 3.72. The van der Waals surface area contributed by atoms with Crippen molar-refractivity contribution in [3.05, 3.63) is 0 Å². The van der Waals surface area contributed by atoms with E-state index in [1.807, 2.05) is 0 Å². The van der Waals surface area contributed by atoms with E-state index in [-0.39, 0.29) is 12.4 Å². The van der Waals surface area contributed by atoms with E-state index in [1.165, 1.54) is 6.92 Å². The first-order chi connectivity index (χ1) is 3.85. The van der Waals surface area contributed by atoms with Crippen molar-refractivity contribution < 1.29 is 9.90 Å². The Labute approximate surface area is 65.0 Å². The van der Waals surface area contributed by atoms with Gasteiger partial charge < -0.3 is 22.3 Å². The number of carbonyl (C=O) groups is 1. The van der Waals surface area contributed by atoms with Crippen molar-refractivity contribution in [2.75, 3.05) is 0 Å². The van der Waals surface area contributed by atoms with Crippen LogP contribution in [0.15, 0.2) is 0 Å². The first kappa shape index (κ1) is 12.3. The van der Waals surface area contributed by atoms with Crippen LogP contribution < -0.4 is 17.2 Å². The van der Waals surface area contributed by atoms with Crippen LogP contribution in [0.3, 0.4) is 0 Å². The Kier molecular flexibility index (Phi) is 4.59. The molecule has 0 aliphatic heterocycles. The summed E-state index contributed by atoms with van der Waals surface area (Å²) < 4.78 is 0. The van der Waals surface area contributed by atoms with E-state index in [1.54, 1.807) is 0 Å². The smallest absolute Gasteiger partial charge is 0.323 e. The Morgan fingerprint density at radius 3 is 1.90 bits per heavy atom. The zero-order valence-electron chi connectivity index (χ0n) is 5.57. The first-order valence-electron chi connectivity index (χ1n) is 2.42. The highest BCUT2D eigenvalue weighted by Crippen LogP contribution is 1.93. The summed E-state index contributed by atoms with van der Waals surface area (Å²) in [6.07, 6.45) is 0. The van der Waals surface area contributed by atoms with Crippen molar-refractivity contribution in [2.45, 2.75) is 18.6 Å².